The van der Waals surface area contributed by atoms with E-state index in [0.717, 1.165) is 18.3 Å². The molecule has 2 aliphatic carbocycles. The summed E-state index contributed by atoms with van der Waals surface area (Å²) < 4.78 is 0. The molecule has 0 aliphatic heterocycles. The number of hydrogen-bond acceptors (Lipinski definition) is 1. The van der Waals surface area contributed by atoms with Crippen molar-refractivity contribution in [3.8, 4) is 0 Å². The Balaban J connectivity index is 2.26. The average molecular weight is 164 g/mol. The lowest BCUT2D eigenvalue weighted by Gasteiger charge is -2.24. The number of rotatable bonds is 0. The van der Waals surface area contributed by atoms with E-state index >= 15 is 0 Å². The first-order valence-corrected chi connectivity index (χ1v) is 4.93. The fourth-order valence-corrected chi connectivity index (χ4v) is 2.53. The molecule has 2 aliphatic rings. The Bertz CT molecular complexity index is 239. The summed E-state index contributed by atoms with van der Waals surface area (Å²) in [6, 6.07) is 0. The number of ketones is 1. The topological polar surface area (TPSA) is 17.1 Å². The third-order valence-electron chi connectivity index (χ3n) is 3.47. The second kappa shape index (κ2) is 2.72. The van der Waals surface area contributed by atoms with Crippen molar-refractivity contribution in [1.29, 1.82) is 0 Å². The molecule has 0 aromatic carbocycles. The van der Waals surface area contributed by atoms with Crippen molar-refractivity contribution in [2.75, 3.05) is 0 Å². The summed E-state index contributed by atoms with van der Waals surface area (Å²) >= 11 is 0. The van der Waals surface area contributed by atoms with Gasteiger partial charge in [-0.05, 0) is 37.2 Å². The molecule has 12 heavy (non-hydrogen) atoms. The van der Waals surface area contributed by atoms with Crippen molar-refractivity contribution < 1.29 is 4.79 Å². The van der Waals surface area contributed by atoms with Gasteiger partial charge in [0.25, 0.3) is 0 Å². The average Bonchev–Trinajstić information content (AvgIpc) is 2.35. The highest BCUT2D eigenvalue weighted by Crippen LogP contribution is 2.42. The minimum absolute atomic E-state index is 0.277. The smallest absolute Gasteiger partial charge is 0.158 e. The summed E-state index contributed by atoms with van der Waals surface area (Å²) in [5.74, 6) is 2.18. The molecule has 0 radical (unpaired) electrons. The molecule has 0 aromatic heterocycles. The van der Waals surface area contributed by atoms with E-state index in [-0.39, 0.29) is 5.92 Å². The van der Waals surface area contributed by atoms with Gasteiger partial charge in [-0.2, -0.15) is 0 Å². The van der Waals surface area contributed by atoms with E-state index in [0.29, 0.717) is 5.78 Å². The number of allylic oxidation sites excluding steroid dienone is 2. The van der Waals surface area contributed by atoms with E-state index in [9.17, 15) is 4.79 Å². The number of hydrogen-bond donors (Lipinski definition) is 0. The Kier molecular flexibility index (Phi) is 1.82. The van der Waals surface area contributed by atoms with Gasteiger partial charge >= 0.3 is 0 Å². The van der Waals surface area contributed by atoms with Gasteiger partial charge in [-0.1, -0.05) is 19.4 Å². The SMILES string of the molecule is CC1CC2C(=CC1=O)CCC2C. The van der Waals surface area contributed by atoms with E-state index in [2.05, 4.69) is 13.8 Å². The van der Waals surface area contributed by atoms with Crippen LogP contribution in [0.1, 0.15) is 33.1 Å². The van der Waals surface area contributed by atoms with Crippen LogP contribution >= 0.6 is 0 Å². The van der Waals surface area contributed by atoms with Crippen LogP contribution in [0, 0.1) is 17.8 Å². The Morgan fingerprint density at radius 3 is 2.92 bits per heavy atom. The van der Waals surface area contributed by atoms with Crippen LogP contribution in [0.3, 0.4) is 0 Å². The first-order chi connectivity index (χ1) is 5.68. The van der Waals surface area contributed by atoms with Gasteiger partial charge < -0.3 is 0 Å². The summed E-state index contributed by atoms with van der Waals surface area (Å²) in [5, 5.41) is 0. The third-order valence-corrected chi connectivity index (χ3v) is 3.47. The van der Waals surface area contributed by atoms with Crippen LogP contribution in [0.5, 0.6) is 0 Å². The molecule has 66 valence electrons. The van der Waals surface area contributed by atoms with E-state index in [1.807, 2.05) is 6.08 Å². The summed E-state index contributed by atoms with van der Waals surface area (Å²) in [6.45, 7) is 4.37. The van der Waals surface area contributed by atoms with Gasteiger partial charge in [0, 0.05) is 5.92 Å². The van der Waals surface area contributed by atoms with Crippen molar-refractivity contribution in [3.63, 3.8) is 0 Å². The highest BCUT2D eigenvalue weighted by molar-refractivity contribution is 5.93. The summed E-state index contributed by atoms with van der Waals surface area (Å²) in [5.41, 5.74) is 1.44. The van der Waals surface area contributed by atoms with Gasteiger partial charge in [0.1, 0.15) is 0 Å². The van der Waals surface area contributed by atoms with Crippen molar-refractivity contribution >= 4 is 5.78 Å². The summed E-state index contributed by atoms with van der Waals surface area (Å²) in [4.78, 5) is 11.4. The molecule has 0 saturated heterocycles. The monoisotopic (exact) mass is 164 g/mol. The molecule has 3 atom stereocenters. The van der Waals surface area contributed by atoms with Crippen molar-refractivity contribution in [3.05, 3.63) is 11.6 Å². The number of carbonyl (C=O) groups excluding carboxylic acids is 1. The predicted octanol–water partition coefficient (Wildman–Crippen LogP) is 2.57. The molecule has 1 nitrogen and oxygen atoms in total. The maximum atomic E-state index is 11.4. The Morgan fingerprint density at radius 1 is 1.42 bits per heavy atom. The van der Waals surface area contributed by atoms with Crippen LogP contribution in [0.2, 0.25) is 0 Å². The van der Waals surface area contributed by atoms with Crippen molar-refractivity contribution in [2.24, 2.45) is 17.8 Å². The summed E-state index contributed by atoms with van der Waals surface area (Å²) in [6.07, 6.45) is 5.48. The van der Waals surface area contributed by atoms with Crippen LogP contribution in [0.25, 0.3) is 0 Å². The molecule has 0 heterocycles. The second-order valence-corrected chi connectivity index (χ2v) is 4.38. The maximum Gasteiger partial charge on any atom is 0.158 e. The van der Waals surface area contributed by atoms with E-state index in [4.69, 9.17) is 0 Å². The molecule has 1 heteroatoms. The van der Waals surface area contributed by atoms with Crippen molar-refractivity contribution in [2.45, 2.75) is 33.1 Å². The lowest BCUT2D eigenvalue weighted by Crippen LogP contribution is -2.21. The zero-order chi connectivity index (χ0) is 8.72. The van der Waals surface area contributed by atoms with Crippen LogP contribution in [-0.4, -0.2) is 5.78 Å². The standard InChI is InChI=1S/C11H16O/c1-7-3-4-9-6-11(12)8(2)5-10(7)9/h6-8,10H,3-5H2,1-2H3. The lowest BCUT2D eigenvalue weighted by molar-refractivity contribution is -0.118. The van der Waals surface area contributed by atoms with Gasteiger partial charge in [0.2, 0.25) is 0 Å². The molecular formula is C11H16O. The quantitative estimate of drug-likeness (QED) is 0.537. The Labute approximate surface area is 73.8 Å². The Hall–Kier alpha value is -0.590. The van der Waals surface area contributed by atoms with E-state index < -0.39 is 0 Å². The summed E-state index contributed by atoms with van der Waals surface area (Å²) in [7, 11) is 0. The molecule has 0 spiro atoms. The maximum absolute atomic E-state index is 11.4. The minimum atomic E-state index is 0.277. The number of carbonyl (C=O) groups is 1. The normalized spacial score (nSPS) is 41.0. The lowest BCUT2D eigenvalue weighted by atomic mass is 9.80. The second-order valence-electron chi connectivity index (χ2n) is 4.38. The number of fused-ring (bicyclic) bond motifs is 1. The molecule has 3 unspecified atom stereocenters. The molecule has 0 amide bonds. The molecule has 1 fully saturated rings. The van der Waals surface area contributed by atoms with Gasteiger partial charge in [0.05, 0.1) is 0 Å². The van der Waals surface area contributed by atoms with Gasteiger partial charge in [-0.25, -0.2) is 0 Å². The zero-order valence-electron chi connectivity index (χ0n) is 7.84. The molecule has 2 rings (SSSR count). The first-order valence-electron chi connectivity index (χ1n) is 4.93. The van der Waals surface area contributed by atoms with Gasteiger partial charge in [0.15, 0.2) is 5.78 Å². The molecule has 0 N–H and O–H groups in total. The van der Waals surface area contributed by atoms with Crippen LogP contribution in [-0.2, 0) is 4.79 Å². The van der Waals surface area contributed by atoms with E-state index in [1.165, 1.54) is 18.4 Å². The zero-order valence-corrected chi connectivity index (χ0v) is 7.84. The van der Waals surface area contributed by atoms with Gasteiger partial charge in [-0.3, -0.25) is 4.79 Å². The third kappa shape index (κ3) is 1.12. The minimum Gasteiger partial charge on any atom is -0.295 e. The Morgan fingerprint density at radius 2 is 2.17 bits per heavy atom. The highest BCUT2D eigenvalue weighted by Gasteiger charge is 2.34. The first kappa shape index (κ1) is 8.03. The van der Waals surface area contributed by atoms with E-state index in [1.54, 1.807) is 0 Å². The van der Waals surface area contributed by atoms with Crippen LogP contribution < -0.4 is 0 Å². The van der Waals surface area contributed by atoms with Crippen LogP contribution in [0.4, 0.5) is 0 Å². The largest absolute Gasteiger partial charge is 0.295 e. The molecular weight excluding hydrogens is 148 g/mol. The molecule has 0 bridgehead atoms. The van der Waals surface area contributed by atoms with Crippen molar-refractivity contribution in [1.82, 2.24) is 0 Å². The predicted molar refractivity (Wildman–Crippen MR) is 48.8 cm³/mol. The van der Waals surface area contributed by atoms with Gasteiger partial charge in [-0.15, -0.1) is 0 Å². The fourth-order valence-electron chi connectivity index (χ4n) is 2.53. The highest BCUT2D eigenvalue weighted by atomic mass is 16.1. The molecule has 1 saturated carbocycles. The fraction of sp³-hybridized carbons (Fsp3) is 0.727. The van der Waals surface area contributed by atoms with Crippen LogP contribution in [0.15, 0.2) is 11.6 Å². The molecule has 0 aromatic rings.